The van der Waals surface area contributed by atoms with Crippen molar-refractivity contribution in [2.45, 2.75) is 12.5 Å². The lowest BCUT2D eigenvalue weighted by atomic mass is 10.3. The van der Waals surface area contributed by atoms with E-state index in [4.69, 9.17) is 11.5 Å². The van der Waals surface area contributed by atoms with Gasteiger partial charge in [-0.25, -0.2) is 4.98 Å². The average Bonchev–Trinajstić information content (AvgIpc) is 2.83. The van der Waals surface area contributed by atoms with E-state index in [1.54, 1.807) is 14.1 Å². The molecule has 0 bridgehead atoms. The Bertz CT molecular complexity index is 430. The fraction of sp³-hybridized carbons (Fsp3) is 0.600. The molecule has 2 heterocycles. The third-order valence-electron chi connectivity index (χ3n) is 2.74. The van der Waals surface area contributed by atoms with Gasteiger partial charge < -0.3 is 21.3 Å². The molecule has 17 heavy (non-hydrogen) atoms. The zero-order chi connectivity index (χ0) is 12.6. The molecule has 2 rings (SSSR count). The lowest BCUT2D eigenvalue weighted by Crippen LogP contribution is -2.26. The zero-order valence-corrected chi connectivity index (χ0v) is 10.8. The van der Waals surface area contributed by atoms with E-state index < -0.39 is 0 Å². The van der Waals surface area contributed by atoms with Crippen LogP contribution >= 0.6 is 11.3 Å². The molecule has 0 spiro atoms. The van der Waals surface area contributed by atoms with Gasteiger partial charge in [0.1, 0.15) is 10.7 Å². The van der Waals surface area contributed by atoms with Gasteiger partial charge in [-0.2, -0.15) is 0 Å². The number of carbonyl (C=O) groups is 1. The van der Waals surface area contributed by atoms with Crippen LogP contribution in [0.3, 0.4) is 0 Å². The average molecular weight is 255 g/mol. The molecule has 4 N–H and O–H groups in total. The summed E-state index contributed by atoms with van der Waals surface area (Å²) in [4.78, 5) is 20.2. The first-order valence-corrected chi connectivity index (χ1v) is 6.29. The van der Waals surface area contributed by atoms with Crippen molar-refractivity contribution in [1.29, 1.82) is 0 Å². The molecule has 1 aromatic rings. The van der Waals surface area contributed by atoms with Crippen LogP contribution in [0.2, 0.25) is 0 Å². The first kappa shape index (κ1) is 12.1. The molecule has 0 saturated carbocycles. The number of aromatic nitrogens is 1. The number of anilines is 2. The van der Waals surface area contributed by atoms with Crippen molar-refractivity contribution in [2.75, 3.05) is 37.8 Å². The molecular formula is C10H17N5OS. The summed E-state index contributed by atoms with van der Waals surface area (Å²) in [5.74, 6) is 0.207. The molecule has 1 amide bonds. The first-order chi connectivity index (χ1) is 7.99. The van der Waals surface area contributed by atoms with Crippen LogP contribution in [0.15, 0.2) is 0 Å². The minimum absolute atomic E-state index is 0.102. The summed E-state index contributed by atoms with van der Waals surface area (Å²) < 4.78 is 0. The van der Waals surface area contributed by atoms with Crippen molar-refractivity contribution in [3.8, 4) is 0 Å². The Kier molecular flexibility index (Phi) is 3.21. The lowest BCUT2D eigenvalue weighted by molar-refractivity contribution is 0.0833. The molecule has 1 aliphatic rings. The predicted molar refractivity (Wildman–Crippen MR) is 69.3 cm³/mol. The number of carbonyl (C=O) groups excluding carboxylic acids is 1. The molecule has 0 radical (unpaired) electrons. The maximum atomic E-state index is 11.8. The molecule has 1 atom stereocenters. The largest absolute Gasteiger partial charge is 0.382 e. The van der Waals surface area contributed by atoms with Crippen molar-refractivity contribution >= 4 is 28.2 Å². The van der Waals surface area contributed by atoms with Gasteiger partial charge in [-0.15, -0.1) is 0 Å². The van der Waals surface area contributed by atoms with Gasteiger partial charge in [-0.3, -0.25) is 4.79 Å². The van der Waals surface area contributed by atoms with Crippen molar-refractivity contribution in [3.63, 3.8) is 0 Å². The highest BCUT2D eigenvalue weighted by Crippen LogP contribution is 2.30. The quantitative estimate of drug-likeness (QED) is 0.774. The van der Waals surface area contributed by atoms with Gasteiger partial charge >= 0.3 is 0 Å². The van der Waals surface area contributed by atoms with Gasteiger partial charge in [0.15, 0.2) is 5.13 Å². The Morgan fingerprint density at radius 3 is 2.82 bits per heavy atom. The SMILES string of the molecule is CN(C)C(=O)c1sc(N2CCC(N)C2)nc1N. The third kappa shape index (κ3) is 2.34. The molecule has 0 aromatic carbocycles. The van der Waals surface area contributed by atoms with Crippen molar-refractivity contribution in [2.24, 2.45) is 5.73 Å². The number of hydrogen-bond donors (Lipinski definition) is 2. The molecule has 7 heteroatoms. The van der Waals surface area contributed by atoms with Gasteiger partial charge in [0.2, 0.25) is 0 Å². The smallest absolute Gasteiger partial charge is 0.267 e. The first-order valence-electron chi connectivity index (χ1n) is 5.47. The van der Waals surface area contributed by atoms with Crippen LogP contribution in [0.4, 0.5) is 10.9 Å². The normalized spacial score (nSPS) is 19.7. The van der Waals surface area contributed by atoms with E-state index >= 15 is 0 Å². The molecule has 1 unspecified atom stereocenters. The number of rotatable bonds is 2. The van der Waals surface area contributed by atoms with Gasteiger partial charge in [0.25, 0.3) is 5.91 Å². The summed E-state index contributed by atoms with van der Waals surface area (Å²) in [7, 11) is 3.40. The second kappa shape index (κ2) is 4.50. The molecular weight excluding hydrogens is 238 g/mol. The fourth-order valence-corrected chi connectivity index (χ4v) is 2.81. The van der Waals surface area contributed by atoms with Gasteiger partial charge in [0.05, 0.1) is 0 Å². The number of nitrogen functional groups attached to an aromatic ring is 1. The Morgan fingerprint density at radius 1 is 1.59 bits per heavy atom. The van der Waals surface area contributed by atoms with Crippen LogP contribution in [-0.4, -0.2) is 49.0 Å². The summed E-state index contributed by atoms with van der Waals surface area (Å²) in [6.07, 6.45) is 0.955. The minimum Gasteiger partial charge on any atom is -0.382 e. The number of nitrogens with two attached hydrogens (primary N) is 2. The van der Waals surface area contributed by atoms with Gasteiger partial charge in [-0.1, -0.05) is 11.3 Å². The van der Waals surface area contributed by atoms with E-state index in [-0.39, 0.29) is 11.9 Å². The zero-order valence-electron chi connectivity index (χ0n) is 10.0. The van der Waals surface area contributed by atoms with E-state index in [1.807, 2.05) is 0 Å². The highest BCUT2D eigenvalue weighted by atomic mass is 32.1. The predicted octanol–water partition coefficient (Wildman–Crippen LogP) is -0.0355. The fourth-order valence-electron chi connectivity index (χ4n) is 1.77. The number of nitrogens with zero attached hydrogens (tertiary/aromatic N) is 3. The molecule has 0 aliphatic carbocycles. The highest BCUT2D eigenvalue weighted by Gasteiger charge is 2.25. The van der Waals surface area contributed by atoms with E-state index in [0.29, 0.717) is 10.7 Å². The minimum atomic E-state index is -0.102. The van der Waals surface area contributed by atoms with Crippen molar-refractivity contribution in [1.82, 2.24) is 9.88 Å². The summed E-state index contributed by atoms with van der Waals surface area (Å²) in [6.45, 7) is 1.66. The highest BCUT2D eigenvalue weighted by molar-refractivity contribution is 7.18. The molecule has 1 aromatic heterocycles. The van der Waals surface area contributed by atoms with E-state index in [0.717, 1.165) is 24.6 Å². The number of thiazole rings is 1. The van der Waals surface area contributed by atoms with Gasteiger partial charge in [0, 0.05) is 33.2 Å². The molecule has 94 valence electrons. The van der Waals surface area contributed by atoms with Crippen molar-refractivity contribution in [3.05, 3.63) is 4.88 Å². The summed E-state index contributed by atoms with van der Waals surface area (Å²) in [5, 5.41) is 0.792. The van der Waals surface area contributed by atoms with E-state index in [1.165, 1.54) is 16.2 Å². The standard InChI is InChI=1S/C10H17N5OS/c1-14(2)9(16)7-8(12)13-10(17-7)15-4-3-6(11)5-15/h6H,3-5,11-12H2,1-2H3. The summed E-state index contributed by atoms with van der Waals surface area (Å²) in [6, 6.07) is 0.188. The Labute approximate surface area is 104 Å². The Morgan fingerprint density at radius 2 is 2.29 bits per heavy atom. The second-order valence-electron chi connectivity index (χ2n) is 4.41. The Hall–Kier alpha value is -1.34. The van der Waals surface area contributed by atoms with Crippen LogP contribution < -0.4 is 16.4 Å². The maximum Gasteiger partial charge on any atom is 0.267 e. The van der Waals surface area contributed by atoms with Crippen LogP contribution in [0, 0.1) is 0 Å². The maximum absolute atomic E-state index is 11.8. The molecule has 1 aliphatic heterocycles. The number of hydrogen-bond acceptors (Lipinski definition) is 6. The lowest BCUT2D eigenvalue weighted by Gasteiger charge is -2.13. The van der Waals surface area contributed by atoms with Crippen LogP contribution in [-0.2, 0) is 0 Å². The van der Waals surface area contributed by atoms with Gasteiger partial charge in [-0.05, 0) is 6.42 Å². The molecule has 6 nitrogen and oxygen atoms in total. The topological polar surface area (TPSA) is 88.5 Å². The molecule has 1 fully saturated rings. The second-order valence-corrected chi connectivity index (χ2v) is 5.38. The molecule has 1 saturated heterocycles. The summed E-state index contributed by atoms with van der Waals surface area (Å²) >= 11 is 1.34. The summed E-state index contributed by atoms with van der Waals surface area (Å²) in [5.41, 5.74) is 11.6. The number of amides is 1. The monoisotopic (exact) mass is 255 g/mol. The Balaban J connectivity index is 2.21. The van der Waals surface area contributed by atoms with Crippen LogP contribution in [0.5, 0.6) is 0 Å². The van der Waals surface area contributed by atoms with Crippen LogP contribution in [0.25, 0.3) is 0 Å². The third-order valence-corrected chi connectivity index (χ3v) is 3.86. The van der Waals surface area contributed by atoms with Crippen LogP contribution in [0.1, 0.15) is 16.1 Å². The van der Waals surface area contributed by atoms with E-state index in [9.17, 15) is 4.79 Å². The van der Waals surface area contributed by atoms with Crippen molar-refractivity contribution < 1.29 is 4.79 Å². The van der Waals surface area contributed by atoms with E-state index in [2.05, 4.69) is 9.88 Å².